The maximum atomic E-state index is 13.6. The van der Waals surface area contributed by atoms with E-state index in [4.69, 9.17) is 9.31 Å². The van der Waals surface area contributed by atoms with E-state index < -0.39 is 30.1 Å². The summed E-state index contributed by atoms with van der Waals surface area (Å²) >= 11 is 0. The summed E-state index contributed by atoms with van der Waals surface area (Å²) in [4.78, 5) is 6.22. The van der Waals surface area contributed by atoms with Gasteiger partial charge in [0.15, 0.2) is 0 Å². The highest BCUT2D eigenvalue weighted by Crippen LogP contribution is 2.37. The average Bonchev–Trinajstić information content (AvgIpc) is 2.81. The lowest BCUT2D eigenvalue weighted by Gasteiger charge is -2.32. The van der Waals surface area contributed by atoms with Gasteiger partial charge < -0.3 is 19.5 Å². The van der Waals surface area contributed by atoms with Crippen molar-refractivity contribution in [1.29, 1.82) is 0 Å². The molecule has 0 amide bonds. The van der Waals surface area contributed by atoms with Crippen molar-refractivity contribution in [2.24, 2.45) is 0 Å². The quantitative estimate of drug-likeness (QED) is 0.676. The minimum Gasteiger partial charge on any atom is -0.399 e. The largest absolute Gasteiger partial charge is 0.496 e. The highest BCUT2D eigenvalue weighted by molar-refractivity contribution is 6.62. The number of hydrogen-bond acceptors (Lipinski definition) is 5. The van der Waals surface area contributed by atoms with E-state index in [9.17, 15) is 13.2 Å². The summed E-state index contributed by atoms with van der Waals surface area (Å²) in [6.07, 6.45) is -2.13. The molecule has 9 heteroatoms. The number of hydrogen-bond donors (Lipinski definition) is 1. The summed E-state index contributed by atoms with van der Waals surface area (Å²) in [6, 6.07) is 1.07. The summed E-state index contributed by atoms with van der Waals surface area (Å²) in [7, 11) is -0.882. The highest BCUT2D eigenvalue weighted by Gasteiger charge is 2.52. The fourth-order valence-electron chi connectivity index (χ4n) is 3.02. The van der Waals surface area contributed by atoms with Crippen LogP contribution in [0.3, 0.4) is 0 Å². The normalized spacial score (nSPS) is 18.7. The van der Waals surface area contributed by atoms with Crippen LogP contribution >= 0.6 is 0 Å². The molecule has 1 N–H and O–H groups in total. The standard InChI is InChI=1S/C19H31BF3N3O2/c1-7-10-26(8-2)11-9-24-16-15(19(21,22)23)12-14(13-25-16)20-27-17(3,4)18(5,6)28-20/h12-13H,7-11H2,1-6H3,(H,24,25). The smallest absolute Gasteiger partial charge is 0.399 e. The van der Waals surface area contributed by atoms with E-state index in [1.54, 1.807) is 0 Å². The van der Waals surface area contributed by atoms with E-state index in [1.165, 1.54) is 6.20 Å². The zero-order valence-corrected chi connectivity index (χ0v) is 17.6. The average molecular weight is 401 g/mol. The van der Waals surface area contributed by atoms with Crippen molar-refractivity contribution >= 4 is 18.4 Å². The van der Waals surface area contributed by atoms with Gasteiger partial charge in [0.1, 0.15) is 5.82 Å². The number of halogens is 3. The summed E-state index contributed by atoms with van der Waals surface area (Å²) in [5, 5.41) is 2.84. The lowest BCUT2D eigenvalue weighted by Crippen LogP contribution is -2.41. The Morgan fingerprint density at radius 3 is 2.21 bits per heavy atom. The lowest BCUT2D eigenvalue weighted by atomic mass is 9.79. The van der Waals surface area contributed by atoms with Crippen LogP contribution in [-0.2, 0) is 15.5 Å². The molecule has 28 heavy (non-hydrogen) atoms. The molecule has 1 aromatic heterocycles. The van der Waals surface area contributed by atoms with Crippen LogP contribution in [0.4, 0.5) is 19.0 Å². The van der Waals surface area contributed by atoms with Crippen molar-refractivity contribution in [3.8, 4) is 0 Å². The molecule has 1 aromatic rings. The summed E-state index contributed by atoms with van der Waals surface area (Å²) in [6.45, 7) is 14.4. The van der Waals surface area contributed by atoms with Gasteiger partial charge in [-0.25, -0.2) is 4.98 Å². The van der Waals surface area contributed by atoms with Gasteiger partial charge in [-0.2, -0.15) is 13.2 Å². The van der Waals surface area contributed by atoms with Gasteiger partial charge in [-0.3, -0.25) is 0 Å². The van der Waals surface area contributed by atoms with Gasteiger partial charge >= 0.3 is 13.3 Å². The third-order valence-electron chi connectivity index (χ3n) is 5.45. The molecular formula is C19H31BF3N3O2. The molecule has 0 atom stereocenters. The van der Waals surface area contributed by atoms with Crippen molar-refractivity contribution in [2.45, 2.75) is 65.3 Å². The molecule has 1 aliphatic rings. The van der Waals surface area contributed by atoms with Gasteiger partial charge in [0, 0.05) is 24.7 Å². The van der Waals surface area contributed by atoms with E-state index in [0.29, 0.717) is 13.1 Å². The van der Waals surface area contributed by atoms with Gasteiger partial charge in [0.05, 0.1) is 16.8 Å². The molecule has 0 spiro atoms. The van der Waals surface area contributed by atoms with Crippen LogP contribution in [0.2, 0.25) is 0 Å². The molecule has 1 fully saturated rings. The molecule has 0 radical (unpaired) electrons. The van der Waals surface area contributed by atoms with E-state index in [-0.39, 0.29) is 11.3 Å². The maximum Gasteiger partial charge on any atom is 0.496 e. The van der Waals surface area contributed by atoms with Gasteiger partial charge in [-0.05, 0) is 53.3 Å². The first-order valence-electron chi connectivity index (χ1n) is 9.80. The van der Waals surface area contributed by atoms with Gasteiger partial charge in [0.25, 0.3) is 0 Å². The lowest BCUT2D eigenvalue weighted by molar-refractivity contribution is -0.137. The Morgan fingerprint density at radius 2 is 1.71 bits per heavy atom. The molecule has 0 unspecified atom stereocenters. The van der Waals surface area contributed by atoms with Gasteiger partial charge in [-0.15, -0.1) is 0 Å². The van der Waals surface area contributed by atoms with Gasteiger partial charge in [-0.1, -0.05) is 13.8 Å². The minimum absolute atomic E-state index is 0.166. The topological polar surface area (TPSA) is 46.6 Å². The predicted octanol–water partition coefficient (Wildman–Crippen LogP) is 3.54. The SMILES string of the molecule is CCCN(CC)CCNc1ncc(B2OC(C)(C)C(C)(C)O2)cc1C(F)(F)F. The number of anilines is 1. The zero-order chi connectivity index (χ0) is 21.2. The van der Waals surface area contributed by atoms with Crippen molar-refractivity contribution in [3.63, 3.8) is 0 Å². The molecule has 158 valence electrons. The number of nitrogens with one attached hydrogen (secondary N) is 1. The third kappa shape index (κ3) is 5.18. The van der Waals surface area contributed by atoms with Crippen LogP contribution in [0.15, 0.2) is 12.3 Å². The van der Waals surface area contributed by atoms with Crippen LogP contribution in [0.1, 0.15) is 53.5 Å². The predicted molar refractivity (Wildman–Crippen MR) is 106 cm³/mol. The number of rotatable bonds is 8. The van der Waals surface area contributed by atoms with Crippen molar-refractivity contribution in [2.75, 3.05) is 31.5 Å². The van der Waals surface area contributed by atoms with Crippen LogP contribution < -0.4 is 10.8 Å². The van der Waals surface area contributed by atoms with Crippen molar-refractivity contribution < 1.29 is 22.5 Å². The molecule has 0 saturated carbocycles. The second kappa shape index (κ2) is 8.59. The molecular weight excluding hydrogens is 370 g/mol. The molecule has 2 rings (SSSR count). The zero-order valence-electron chi connectivity index (χ0n) is 17.6. The molecule has 0 aromatic carbocycles. The minimum atomic E-state index is -4.52. The fourth-order valence-corrected chi connectivity index (χ4v) is 3.02. The first-order valence-corrected chi connectivity index (χ1v) is 9.80. The Labute approximate surface area is 166 Å². The first kappa shape index (κ1) is 23.0. The Balaban J connectivity index is 2.18. The number of aromatic nitrogens is 1. The van der Waals surface area contributed by atoms with E-state index in [0.717, 1.165) is 25.6 Å². The second-order valence-electron chi connectivity index (χ2n) is 8.11. The Hall–Kier alpha value is -1.32. The molecule has 0 bridgehead atoms. The number of nitrogens with zero attached hydrogens (tertiary/aromatic N) is 2. The van der Waals surface area contributed by atoms with Crippen molar-refractivity contribution in [3.05, 3.63) is 17.8 Å². The summed E-state index contributed by atoms with van der Waals surface area (Å²) in [5.74, 6) is -0.166. The van der Waals surface area contributed by atoms with E-state index in [2.05, 4.69) is 22.1 Å². The van der Waals surface area contributed by atoms with Crippen LogP contribution in [0.25, 0.3) is 0 Å². The third-order valence-corrected chi connectivity index (χ3v) is 5.45. The Kier molecular flexibility index (Phi) is 7.05. The Bertz CT molecular complexity index is 652. The van der Waals surface area contributed by atoms with Crippen LogP contribution in [-0.4, -0.2) is 54.4 Å². The maximum absolute atomic E-state index is 13.6. The van der Waals surface area contributed by atoms with Gasteiger partial charge in [0.2, 0.25) is 0 Å². The fraction of sp³-hybridized carbons (Fsp3) is 0.737. The number of alkyl halides is 3. The Morgan fingerprint density at radius 1 is 1.11 bits per heavy atom. The number of pyridine rings is 1. The summed E-state index contributed by atoms with van der Waals surface area (Å²) < 4.78 is 52.6. The number of likely N-dealkylation sites (N-methyl/N-ethyl adjacent to an activating group) is 1. The van der Waals surface area contributed by atoms with Crippen LogP contribution in [0.5, 0.6) is 0 Å². The second-order valence-corrected chi connectivity index (χ2v) is 8.11. The summed E-state index contributed by atoms with van der Waals surface area (Å²) in [5.41, 5.74) is -1.80. The molecule has 0 aliphatic carbocycles. The first-order chi connectivity index (χ1) is 12.9. The van der Waals surface area contributed by atoms with Crippen molar-refractivity contribution in [1.82, 2.24) is 9.88 Å². The molecule has 5 nitrogen and oxygen atoms in total. The molecule has 1 aliphatic heterocycles. The molecule has 2 heterocycles. The molecule has 1 saturated heterocycles. The van der Waals surface area contributed by atoms with Crippen LogP contribution in [0, 0.1) is 0 Å². The van der Waals surface area contributed by atoms with E-state index >= 15 is 0 Å². The highest BCUT2D eigenvalue weighted by atomic mass is 19.4. The monoisotopic (exact) mass is 401 g/mol. The van der Waals surface area contributed by atoms with E-state index in [1.807, 2.05) is 34.6 Å².